The molecule has 2 aliphatic rings. The summed E-state index contributed by atoms with van der Waals surface area (Å²) in [7, 11) is 0.183. The van der Waals surface area contributed by atoms with E-state index in [1.165, 1.54) is 64.2 Å². The predicted octanol–water partition coefficient (Wildman–Crippen LogP) is 5.06. The Morgan fingerprint density at radius 1 is 0.964 bits per heavy atom. The van der Waals surface area contributed by atoms with E-state index in [0.29, 0.717) is 12.1 Å². The van der Waals surface area contributed by atoms with Gasteiger partial charge >= 0.3 is 8.56 Å². The van der Waals surface area contributed by atoms with Gasteiger partial charge in [0.1, 0.15) is 0 Å². The van der Waals surface area contributed by atoms with E-state index < -0.39 is 8.56 Å². The lowest BCUT2D eigenvalue weighted by molar-refractivity contribution is 0.187. The monoisotopic (exact) mass is 411 g/mol. The number of aliphatic imine (C=N–C) groups is 1. The summed E-state index contributed by atoms with van der Waals surface area (Å²) in [6.45, 7) is 8.84. The van der Waals surface area contributed by atoms with Crippen LogP contribution in [0.1, 0.15) is 84.5 Å². The number of nitrogens with one attached hydrogen (secondary N) is 1. The zero-order chi connectivity index (χ0) is 20.2. The number of hydrogen-bond donors (Lipinski definition) is 1. The third kappa shape index (κ3) is 8.42. The van der Waals surface area contributed by atoms with Gasteiger partial charge in [0.05, 0.1) is 6.04 Å². The van der Waals surface area contributed by atoms with Crippen molar-refractivity contribution in [1.82, 2.24) is 10.2 Å². The van der Waals surface area contributed by atoms with E-state index in [0.717, 1.165) is 38.2 Å². The Morgan fingerprint density at radius 2 is 1.54 bits per heavy atom. The predicted molar refractivity (Wildman–Crippen MR) is 121 cm³/mol. The van der Waals surface area contributed by atoms with Crippen LogP contribution in [0.25, 0.3) is 0 Å². The second kappa shape index (κ2) is 12.9. The van der Waals surface area contributed by atoms with Crippen molar-refractivity contribution in [3.8, 4) is 0 Å². The molecule has 5 nitrogen and oxygen atoms in total. The van der Waals surface area contributed by atoms with Crippen molar-refractivity contribution in [2.45, 2.75) is 109 Å². The van der Waals surface area contributed by atoms with E-state index in [4.69, 9.17) is 13.8 Å². The van der Waals surface area contributed by atoms with E-state index in [1.807, 2.05) is 0 Å². The Balaban J connectivity index is 1.93. The molecule has 2 saturated carbocycles. The van der Waals surface area contributed by atoms with Crippen molar-refractivity contribution >= 4 is 14.5 Å². The minimum absolute atomic E-state index is 0.508. The molecule has 0 aliphatic heterocycles. The summed E-state index contributed by atoms with van der Waals surface area (Å²) in [4.78, 5) is 7.55. The lowest BCUT2D eigenvalue weighted by atomic mass is 9.95. The molecule has 0 amide bonds. The maximum absolute atomic E-state index is 6.01. The van der Waals surface area contributed by atoms with Gasteiger partial charge in [-0.15, -0.1) is 0 Å². The van der Waals surface area contributed by atoms with Crippen molar-refractivity contribution in [3.63, 3.8) is 0 Å². The largest absolute Gasteiger partial charge is 0.395 e. The molecule has 0 saturated heterocycles. The van der Waals surface area contributed by atoms with Gasteiger partial charge in [-0.05, 0) is 58.5 Å². The summed E-state index contributed by atoms with van der Waals surface area (Å²) in [6.07, 6.45) is 14.3. The quantitative estimate of drug-likeness (QED) is 0.310. The summed E-state index contributed by atoms with van der Waals surface area (Å²) >= 11 is 0. The molecule has 2 aliphatic carbocycles. The molecule has 0 radical (unpaired) electrons. The highest BCUT2D eigenvalue weighted by molar-refractivity contribution is 6.66. The summed E-state index contributed by atoms with van der Waals surface area (Å²) in [5.41, 5.74) is 0. The number of guanidine groups is 1. The Bertz CT molecular complexity index is 443. The molecule has 6 heteroatoms. The first-order valence-corrected chi connectivity index (χ1v) is 14.4. The van der Waals surface area contributed by atoms with Crippen LogP contribution in [0, 0.1) is 0 Å². The highest BCUT2D eigenvalue weighted by Gasteiger charge is 2.30. The second-order valence-electron chi connectivity index (χ2n) is 8.75. The Labute approximate surface area is 174 Å². The fourth-order valence-corrected chi connectivity index (χ4v) is 6.99. The molecule has 0 aromatic heterocycles. The van der Waals surface area contributed by atoms with E-state index in [1.54, 1.807) is 0 Å². The second-order valence-corrected chi connectivity index (χ2v) is 12.1. The van der Waals surface area contributed by atoms with Gasteiger partial charge < -0.3 is 19.1 Å². The van der Waals surface area contributed by atoms with E-state index >= 15 is 0 Å². The molecule has 0 spiro atoms. The van der Waals surface area contributed by atoms with Gasteiger partial charge in [-0.1, -0.05) is 38.5 Å². The molecule has 0 unspecified atom stereocenters. The number of rotatable bonds is 10. The molecule has 0 aromatic rings. The van der Waals surface area contributed by atoms with Crippen LogP contribution in [0.5, 0.6) is 0 Å². The van der Waals surface area contributed by atoms with Crippen molar-refractivity contribution in [2.24, 2.45) is 4.99 Å². The van der Waals surface area contributed by atoms with Crippen LogP contribution in [-0.4, -0.2) is 58.3 Å². The van der Waals surface area contributed by atoms with Gasteiger partial charge in [0, 0.05) is 32.8 Å². The Hall–Kier alpha value is -0.593. The SMILES string of the molecule is CCO[Si](C)(CCCN(C)C(=NC1CCCCC1)NC1CCCCC1)OCC. The maximum Gasteiger partial charge on any atom is 0.334 e. The third-order valence-corrected chi connectivity index (χ3v) is 9.26. The summed E-state index contributed by atoms with van der Waals surface area (Å²) in [5, 5.41) is 3.83. The normalized spacial score (nSPS) is 20.4. The van der Waals surface area contributed by atoms with Crippen LogP contribution in [-0.2, 0) is 8.85 Å². The van der Waals surface area contributed by atoms with Gasteiger partial charge in [0.15, 0.2) is 5.96 Å². The summed E-state index contributed by atoms with van der Waals surface area (Å²) in [6, 6.07) is 2.15. The van der Waals surface area contributed by atoms with Crippen LogP contribution >= 0.6 is 0 Å². The summed E-state index contributed by atoms with van der Waals surface area (Å²) < 4.78 is 12.0. The molecule has 0 heterocycles. The van der Waals surface area contributed by atoms with Crippen molar-refractivity contribution < 1.29 is 8.85 Å². The van der Waals surface area contributed by atoms with Gasteiger partial charge in [0.25, 0.3) is 0 Å². The van der Waals surface area contributed by atoms with Gasteiger partial charge in [0.2, 0.25) is 0 Å². The lowest BCUT2D eigenvalue weighted by Crippen LogP contribution is -2.46. The van der Waals surface area contributed by atoms with Crippen molar-refractivity contribution in [2.75, 3.05) is 26.8 Å². The molecule has 0 atom stereocenters. The van der Waals surface area contributed by atoms with E-state index in [9.17, 15) is 0 Å². The molecule has 0 aromatic carbocycles. The molecular formula is C22H45N3O2Si. The molecule has 0 bridgehead atoms. The van der Waals surface area contributed by atoms with Crippen LogP contribution < -0.4 is 5.32 Å². The fourth-order valence-electron chi connectivity index (χ4n) is 4.60. The van der Waals surface area contributed by atoms with Crippen molar-refractivity contribution in [1.29, 1.82) is 0 Å². The summed E-state index contributed by atoms with van der Waals surface area (Å²) in [5.74, 6) is 1.13. The molecule has 2 rings (SSSR count). The van der Waals surface area contributed by atoms with Crippen LogP contribution in [0.3, 0.4) is 0 Å². The third-order valence-electron chi connectivity index (χ3n) is 6.20. The fraction of sp³-hybridized carbons (Fsp3) is 0.955. The minimum atomic E-state index is -2.02. The number of nitrogens with zero attached hydrogens (tertiary/aromatic N) is 2. The molecular weight excluding hydrogens is 366 g/mol. The van der Waals surface area contributed by atoms with Crippen LogP contribution in [0.2, 0.25) is 12.6 Å². The maximum atomic E-state index is 6.01. The van der Waals surface area contributed by atoms with Crippen molar-refractivity contribution in [3.05, 3.63) is 0 Å². The van der Waals surface area contributed by atoms with Gasteiger partial charge in [-0.25, -0.2) is 4.99 Å². The Morgan fingerprint density at radius 3 is 2.11 bits per heavy atom. The topological polar surface area (TPSA) is 46.1 Å². The van der Waals surface area contributed by atoms with Gasteiger partial charge in [-0.3, -0.25) is 0 Å². The average molecular weight is 412 g/mol. The lowest BCUT2D eigenvalue weighted by Gasteiger charge is -2.32. The van der Waals surface area contributed by atoms with Gasteiger partial charge in [-0.2, -0.15) is 0 Å². The molecule has 28 heavy (non-hydrogen) atoms. The first kappa shape index (κ1) is 23.7. The Kier molecular flexibility index (Phi) is 10.9. The van der Waals surface area contributed by atoms with E-state index in [-0.39, 0.29) is 0 Å². The zero-order valence-corrected chi connectivity index (χ0v) is 20.0. The average Bonchev–Trinajstić information content (AvgIpc) is 2.69. The van der Waals surface area contributed by atoms with Crippen LogP contribution in [0.15, 0.2) is 4.99 Å². The molecule has 164 valence electrons. The van der Waals surface area contributed by atoms with Crippen LogP contribution in [0.4, 0.5) is 0 Å². The zero-order valence-electron chi connectivity index (χ0n) is 19.0. The number of hydrogen-bond acceptors (Lipinski definition) is 3. The van der Waals surface area contributed by atoms with E-state index in [2.05, 4.69) is 37.7 Å². The highest BCUT2D eigenvalue weighted by Crippen LogP contribution is 2.22. The molecule has 1 N–H and O–H groups in total. The minimum Gasteiger partial charge on any atom is -0.395 e. The standard InChI is InChI=1S/C22H45N3O2Si/c1-5-26-28(4,27-6-2)19-13-18-25(3)22(23-20-14-9-7-10-15-20)24-21-16-11-8-12-17-21/h20-21H,5-19H2,1-4H3,(H,23,24). The molecule has 2 fully saturated rings. The highest BCUT2D eigenvalue weighted by atomic mass is 28.4. The smallest absolute Gasteiger partial charge is 0.334 e. The first-order chi connectivity index (χ1) is 13.6. The first-order valence-electron chi connectivity index (χ1n) is 11.9.